The fraction of sp³-hybridized carbons (Fsp3) is 0.150. The minimum Gasteiger partial charge on any atom is -0.293 e. The first-order chi connectivity index (χ1) is 11.5. The van der Waals surface area contributed by atoms with Crippen LogP contribution in [0.3, 0.4) is 0 Å². The third kappa shape index (κ3) is 4.28. The lowest BCUT2D eigenvalue weighted by Crippen LogP contribution is -2.26. The predicted molar refractivity (Wildman–Crippen MR) is 101 cm³/mol. The summed E-state index contributed by atoms with van der Waals surface area (Å²) in [7, 11) is -0.822. The Kier molecular flexibility index (Phi) is 6.24. The number of rotatable bonds is 5. The lowest BCUT2D eigenvalue weighted by Gasteiger charge is -2.13. The Morgan fingerprint density at radius 2 is 1.71 bits per heavy atom. The van der Waals surface area contributed by atoms with E-state index in [0.29, 0.717) is 11.1 Å². The highest BCUT2D eigenvalue weighted by atomic mass is 19.2. The Hall–Kier alpha value is -2.49. The van der Waals surface area contributed by atoms with Gasteiger partial charge in [0, 0.05) is 18.2 Å². The molecule has 0 atom stereocenters. The van der Waals surface area contributed by atoms with Gasteiger partial charge in [-0.2, -0.15) is 0 Å². The third-order valence-electron chi connectivity index (χ3n) is 3.87. The lowest BCUT2D eigenvalue weighted by molar-refractivity contribution is 0.685. The molecule has 0 aliphatic heterocycles. The van der Waals surface area contributed by atoms with Crippen LogP contribution in [0, 0.1) is 0 Å². The van der Waals surface area contributed by atoms with E-state index in [-0.39, 0.29) is 5.46 Å². The van der Waals surface area contributed by atoms with Crippen molar-refractivity contribution in [2.45, 2.75) is 13.8 Å². The summed E-state index contributed by atoms with van der Waals surface area (Å²) in [5, 5.41) is 0. The molecule has 0 aliphatic rings. The molecule has 0 unspecified atom stereocenters. The van der Waals surface area contributed by atoms with Crippen LogP contribution in [-0.4, -0.2) is 20.0 Å². The van der Waals surface area contributed by atoms with Crippen molar-refractivity contribution in [2.75, 3.05) is 7.05 Å². The summed E-state index contributed by atoms with van der Waals surface area (Å²) < 4.78 is 27.5. The van der Waals surface area contributed by atoms with Gasteiger partial charge in [0.25, 0.3) is 0 Å². The SMILES string of the molecule is CN=C(C)/C=C\C=C(/C)c1cccc(-c2ccccc2)c1B(F)F. The number of benzene rings is 2. The van der Waals surface area contributed by atoms with Crippen molar-refractivity contribution < 1.29 is 8.63 Å². The second-order valence-electron chi connectivity index (χ2n) is 5.51. The topological polar surface area (TPSA) is 12.4 Å². The molecule has 0 aromatic heterocycles. The molecule has 0 spiro atoms. The van der Waals surface area contributed by atoms with Crippen molar-refractivity contribution in [1.29, 1.82) is 0 Å². The van der Waals surface area contributed by atoms with Crippen molar-refractivity contribution in [3.8, 4) is 11.1 Å². The van der Waals surface area contributed by atoms with Crippen LogP contribution in [0.25, 0.3) is 16.7 Å². The quantitative estimate of drug-likeness (QED) is 0.415. The highest BCUT2D eigenvalue weighted by Gasteiger charge is 2.25. The molecule has 0 aliphatic carbocycles. The molecule has 0 saturated heterocycles. The van der Waals surface area contributed by atoms with Crippen molar-refractivity contribution in [1.82, 2.24) is 0 Å². The smallest absolute Gasteiger partial charge is 0.293 e. The minimum atomic E-state index is -2.54. The molecular formula is C20H20BF2N. The van der Waals surface area contributed by atoms with Gasteiger partial charge < -0.3 is 0 Å². The van der Waals surface area contributed by atoms with Crippen LogP contribution in [-0.2, 0) is 0 Å². The Balaban J connectivity index is 2.51. The number of allylic oxidation sites excluding steroid dienone is 4. The van der Waals surface area contributed by atoms with Crippen LogP contribution >= 0.6 is 0 Å². The van der Waals surface area contributed by atoms with Gasteiger partial charge in [0.05, 0.1) is 0 Å². The second-order valence-corrected chi connectivity index (χ2v) is 5.51. The van der Waals surface area contributed by atoms with Crippen molar-refractivity contribution in [3.05, 3.63) is 72.3 Å². The molecule has 0 N–H and O–H groups in total. The molecule has 0 fully saturated rings. The standard InChI is InChI=1S/C20H20BF2N/c1-15(9-7-10-16(2)24-3)18-13-8-14-19(20(18)21(22)23)17-11-5-4-6-12-17/h4-14H,1-3H3/b10-7-,15-9+,24-16?. The lowest BCUT2D eigenvalue weighted by atomic mass is 9.75. The molecule has 2 aromatic carbocycles. The first kappa shape index (κ1) is 17.9. The van der Waals surface area contributed by atoms with E-state index < -0.39 is 7.27 Å². The van der Waals surface area contributed by atoms with Gasteiger partial charge in [0.15, 0.2) is 0 Å². The highest BCUT2D eigenvalue weighted by molar-refractivity contribution is 6.63. The highest BCUT2D eigenvalue weighted by Crippen LogP contribution is 2.23. The van der Waals surface area contributed by atoms with Gasteiger partial charge in [-0.05, 0) is 42.2 Å². The fourth-order valence-corrected chi connectivity index (χ4v) is 2.51. The normalized spacial score (nSPS) is 12.7. The molecule has 0 radical (unpaired) electrons. The molecule has 4 heteroatoms. The molecule has 122 valence electrons. The van der Waals surface area contributed by atoms with E-state index in [1.165, 1.54) is 0 Å². The molecule has 2 aromatic rings. The van der Waals surface area contributed by atoms with E-state index in [2.05, 4.69) is 4.99 Å². The number of aliphatic imine (C=N–C) groups is 1. The summed E-state index contributed by atoms with van der Waals surface area (Å²) in [5.74, 6) is 0. The molecule has 0 heterocycles. The Bertz CT molecular complexity index is 777. The van der Waals surface area contributed by atoms with Crippen LogP contribution in [0.2, 0.25) is 0 Å². The average molecular weight is 323 g/mol. The number of hydrogen-bond acceptors (Lipinski definition) is 1. The predicted octanol–water partition coefficient (Wildman–Crippen LogP) is 5.04. The minimum absolute atomic E-state index is 0.0757. The van der Waals surface area contributed by atoms with E-state index in [9.17, 15) is 8.63 Å². The maximum Gasteiger partial charge on any atom is 0.573 e. The molecule has 0 bridgehead atoms. The number of hydrogen-bond donors (Lipinski definition) is 0. The van der Waals surface area contributed by atoms with Crippen LogP contribution in [0.4, 0.5) is 8.63 Å². The van der Waals surface area contributed by atoms with Gasteiger partial charge >= 0.3 is 7.27 Å². The molecule has 0 amide bonds. The van der Waals surface area contributed by atoms with Crippen LogP contribution in [0.15, 0.2) is 71.8 Å². The first-order valence-electron chi connectivity index (χ1n) is 7.79. The van der Waals surface area contributed by atoms with Crippen molar-refractivity contribution >= 4 is 24.0 Å². The van der Waals surface area contributed by atoms with E-state index in [1.54, 1.807) is 19.2 Å². The summed E-state index contributed by atoms with van der Waals surface area (Å²) in [5.41, 5.74) is 3.70. The zero-order valence-corrected chi connectivity index (χ0v) is 14.1. The Labute approximate surface area is 142 Å². The third-order valence-corrected chi connectivity index (χ3v) is 3.87. The zero-order chi connectivity index (χ0) is 17.5. The van der Waals surface area contributed by atoms with E-state index >= 15 is 0 Å². The summed E-state index contributed by atoms with van der Waals surface area (Å²) in [6.45, 7) is 3.74. The average Bonchev–Trinajstić information content (AvgIpc) is 2.61. The van der Waals surface area contributed by atoms with Gasteiger partial charge in [-0.15, -0.1) is 0 Å². The number of halogens is 2. The summed E-state index contributed by atoms with van der Waals surface area (Å²) >= 11 is 0. The summed E-state index contributed by atoms with van der Waals surface area (Å²) in [6, 6.07) is 14.6. The molecule has 0 saturated carbocycles. The van der Waals surface area contributed by atoms with Gasteiger partial charge in [-0.25, -0.2) is 0 Å². The number of nitrogens with zero attached hydrogens (tertiary/aromatic N) is 1. The summed E-state index contributed by atoms with van der Waals surface area (Å²) in [6.07, 6.45) is 5.53. The summed E-state index contributed by atoms with van der Waals surface area (Å²) in [4.78, 5) is 4.04. The maximum absolute atomic E-state index is 13.8. The second kappa shape index (κ2) is 8.39. The Morgan fingerprint density at radius 3 is 2.33 bits per heavy atom. The van der Waals surface area contributed by atoms with Gasteiger partial charge in [0.1, 0.15) is 0 Å². The maximum atomic E-state index is 13.8. The van der Waals surface area contributed by atoms with E-state index in [0.717, 1.165) is 16.8 Å². The molecule has 1 nitrogen and oxygen atoms in total. The fourth-order valence-electron chi connectivity index (χ4n) is 2.51. The van der Waals surface area contributed by atoms with E-state index in [4.69, 9.17) is 0 Å². The zero-order valence-electron chi connectivity index (χ0n) is 14.1. The van der Waals surface area contributed by atoms with Crippen molar-refractivity contribution in [2.24, 2.45) is 4.99 Å². The first-order valence-corrected chi connectivity index (χ1v) is 7.79. The Morgan fingerprint density at radius 1 is 1.00 bits per heavy atom. The monoisotopic (exact) mass is 323 g/mol. The van der Waals surface area contributed by atoms with Crippen LogP contribution in [0.5, 0.6) is 0 Å². The van der Waals surface area contributed by atoms with Crippen LogP contribution < -0.4 is 5.46 Å². The van der Waals surface area contributed by atoms with Gasteiger partial charge in [-0.1, -0.05) is 60.7 Å². The van der Waals surface area contributed by atoms with Gasteiger partial charge in [-0.3, -0.25) is 13.6 Å². The van der Waals surface area contributed by atoms with Crippen molar-refractivity contribution in [3.63, 3.8) is 0 Å². The van der Waals surface area contributed by atoms with Gasteiger partial charge in [0.2, 0.25) is 0 Å². The molecular weight excluding hydrogens is 303 g/mol. The molecule has 2 rings (SSSR count). The molecule has 24 heavy (non-hydrogen) atoms. The van der Waals surface area contributed by atoms with Crippen LogP contribution in [0.1, 0.15) is 19.4 Å². The van der Waals surface area contributed by atoms with E-state index in [1.807, 2.05) is 68.5 Å². The largest absolute Gasteiger partial charge is 0.573 e.